The van der Waals surface area contributed by atoms with Gasteiger partial charge in [-0.05, 0) is 48.9 Å². The fraction of sp³-hybridized carbons (Fsp3) is 0.160. The Morgan fingerprint density at radius 1 is 1.05 bits per heavy atom. The van der Waals surface area contributed by atoms with Gasteiger partial charge in [0.25, 0.3) is 12.0 Å². The molecule has 5 rings (SSSR count). The molecule has 0 atom stereocenters. The molecular weight excluding hydrogens is 527 g/mol. The molecule has 4 aromatic rings. The molecule has 0 bridgehead atoms. The number of aromatic nitrogens is 4. The van der Waals surface area contributed by atoms with E-state index in [4.69, 9.17) is 23.2 Å². The first-order chi connectivity index (χ1) is 17.7. The number of ketones is 1. The van der Waals surface area contributed by atoms with Gasteiger partial charge in [-0.2, -0.15) is 5.10 Å². The predicted molar refractivity (Wildman–Crippen MR) is 134 cm³/mol. The molecule has 37 heavy (non-hydrogen) atoms. The van der Waals surface area contributed by atoms with Crippen LogP contribution >= 0.6 is 23.2 Å². The molecule has 0 aliphatic heterocycles. The van der Waals surface area contributed by atoms with Crippen LogP contribution < -0.4 is 10.9 Å². The van der Waals surface area contributed by atoms with Gasteiger partial charge in [0.05, 0.1) is 0 Å². The maximum absolute atomic E-state index is 13.0. The second-order valence-corrected chi connectivity index (χ2v) is 9.17. The topological polar surface area (TPSA) is 110 Å². The van der Waals surface area contributed by atoms with Crippen LogP contribution in [0.15, 0.2) is 53.3 Å². The van der Waals surface area contributed by atoms with Crippen molar-refractivity contribution in [3.63, 3.8) is 0 Å². The number of anilines is 1. The van der Waals surface area contributed by atoms with Gasteiger partial charge in [0.2, 0.25) is 5.91 Å². The second-order valence-electron chi connectivity index (χ2n) is 8.32. The van der Waals surface area contributed by atoms with Crippen LogP contribution in [-0.4, -0.2) is 31.4 Å². The molecule has 0 saturated carbocycles. The van der Waals surface area contributed by atoms with Crippen LogP contribution in [0.2, 0.25) is 10.0 Å². The SMILES string of the molecule is O=C(Cn1c2c(c(-c3cc(Cl)ccc3Cl)cc1=O)C(=O)CC2)Nc1ccc(-c2n[nH]c(C(F)F)n2)cc1. The lowest BCUT2D eigenvalue weighted by Crippen LogP contribution is -2.30. The highest BCUT2D eigenvalue weighted by Crippen LogP contribution is 2.36. The molecule has 1 aliphatic carbocycles. The highest BCUT2D eigenvalue weighted by Gasteiger charge is 2.29. The number of pyridine rings is 1. The van der Waals surface area contributed by atoms with Crippen LogP contribution in [0.1, 0.15) is 34.7 Å². The van der Waals surface area contributed by atoms with Crippen molar-refractivity contribution >= 4 is 40.6 Å². The molecule has 0 saturated heterocycles. The van der Waals surface area contributed by atoms with E-state index in [1.807, 2.05) is 0 Å². The molecule has 1 amide bonds. The molecule has 2 aromatic heterocycles. The Bertz CT molecular complexity index is 1600. The second kappa shape index (κ2) is 9.87. The Kier molecular flexibility index (Phi) is 6.61. The summed E-state index contributed by atoms with van der Waals surface area (Å²) in [7, 11) is 0. The summed E-state index contributed by atoms with van der Waals surface area (Å²) in [4.78, 5) is 42.3. The standard InChI is InChI=1S/C25H17Cl2F2N5O3/c26-13-3-6-17(27)15(9-13)16-10-21(37)34(18-7-8-19(35)22(16)18)11-20(36)30-14-4-1-12(2-5-14)24-31-25(23(28)29)33-32-24/h1-6,9-10,23H,7-8,11H2,(H,30,36)(H,31,32,33). The number of hydrogen-bond acceptors (Lipinski definition) is 5. The van der Waals surface area contributed by atoms with E-state index < -0.39 is 23.7 Å². The van der Waals surface area contributed by atoms with E-state index in [1.54, 1.807) is 42.5 Å². The molecule has 0 fully saturated rings. The average molecular weight is 544 g/mol. The fourth-order valence-electron chi connectivity index (χ4n) is 4.26. The van der Waals surface area contributed by atoms with E-state index in [0.29, 0.717) is 50.1 Å². The van der Waals surface area contributed by atoms with Crippen molar-refractivity contribution in [2.75, 3.05) is 5.32 Å². The Balaban J connectivity index is 1.39. The molecule has 2 aromatic carbocycles. The lowest BCUT2D eigenvalue weighted by atomic mass is 9.99. The quantitative estimate of drug-likeness (QED) is 0.342. The maximum atomic E-state index is 13.0. The Morgan fingerprint density at radius 2 is 1.81 bits per heavy atom. The van der Waals surface area contributed by atoms with Crippen molar-refractivity contribution in [2.24, 2.45) is 0 Å². The molecule has 0 spiro atoms. The van der Waals surface area contributed by atoms with Gasteiger partial charge in [-0.15, -0.1) is 0 Å². The maximum Gasteiger partial charge on any atom is 0.296 e. The minimum Gasteiger partial charge on any atom is -0.325 e. The van der Waals surface area contributed by atoms with Gasteiger partial charge in [-0.1, -0.05) is 23.2 Å². The number of benzene rings is 2. The first-order valence-electron chi connectivity index (χ1n) is 11.1. The first-order valence-corrected chi connectivity index (χ1v) is 11.8. The lowest BCUT2D eigenvalue weighted by Gasteiger charge is -2.16. The van der Waals surface area contributed by atoms with Crippen LogP contribution in [0.5, 0.6) is 0 Å². The molecule has 188 valence electrons. The van der Waals surface area contributed by atoms with Crippen molar-refractivity contribution in [2.45, 2.75) is 25.8 Å². The number of Topliss-reactive ketones (excluding diaryl/α,β-unsaturated/α-hetero) is 1. The van der Waals surface area contributed by atoms with E-state index >= 15 is 0 Å². The van der Waals surface area contributed by atoms with Gasteiger partial charge >= 0.3 is 0 Å². The predicted octanol–water partition coefficient (Wildman–Crippen LogP) is 5.31. The van der Waals surface area contributed by atoms with Gasteiger partial charge in [0, 0.05) is 56.2 Å². The number of H-pyrrole nitrogens is 1. The molecule has 0 unspecified atom stereocenters. The molecule has 1 aliphatic rings. The molecule has 2 heterocycles. The van der Waals surface area contributed by atoms with Gasteiger partial charge < -0.3 is 9.88 Å². The van der Waals surface area contributed by atoms with Crippen LogP contribution in [0.3, 0.4) is 0 Å². The number of hydrogen-bond donors (Lipinski definition) is 2. The Morgan fingerprint density at radius 3 is 2.51 bits per heavy atom. The third-order valence-corrected chi connectivity index (χ3v) is 6.51. The van der Waals surface area contributed by atoms with Crippen molar-refractivity contribution < 1.29 is 18.4 Å². The summed E-state index contributed by atoms with van der Waals surface area (Å²) in [6.07, 6.45) is -2.24. The van der Waals surface area contributed by atoms with Crippen LogP contribution in [-0.2, 0) is 17.8 Å². The zero-order chi connectivity index (χ0) is 26.3. The molecule has 2 N–H and O–H groups in total. The molecule has 12 heteroatoms. The first kappa shape index (κ1) is 24.8. The summed E-state index contributed by atoms with van der Waals surface area (Å²) in [5, 5.41) is 9.38. The normalized spacial score (nSPS) is 12.7. The number of rotatable bonds is 6. The lowest BCUT2D eigenvalue weighted by molar-refractivity contribution is -0.116. The third-order valence-electron chi connectivity index (χ3n) is 5.94. The molecule has 0 radical (unpaired) electrons. The van der Waals surface area contributed by atoms with Gasteiger partial charge in [0.15, 0.2) is 17.4 Å². The number of aromatic amines is 1. The fourth-order valence-corrected chi connectivity index (χ4v) is 4.65. The molecular formula is C25H17Cl2F2N5O3. The number of amides is 1. The van der Waals surface area contributed by atoms with E-state index in [2.05, 4.69) is 20.5 Å². The zero-order valence-corrected chi connectivity index (χ0v) is 20.4. The van der Waals surface area contributed by atoms with E-state index in [-0.39, 0.29) is 24.6 Å². The summed E-state index contributed by atoms with van der Waals surface area (Å²) in [6.45, 7) is -0.307. The van der Waals surface area contributed by atoms with E-state index in [0.717, 1.165) is 0 Å². The largest absolute Gasteiger partial charge is 0.325 e. The number of carbonyl (C=O) groups is 2. The van der Waals surface area contributed by atoms with Gasteiger partial charge in [0.1, 0.15) is 6.54 Å². The van der Waals surface area contributed by atoms with Crippen molar-refractivity contribution in [3.8, 4) is 22.5 Å². The number of fused-ring (bicyclic) bond motifs is 1. The van der Waals surface area contributed by atoms with Crippen LogP contribution in [0.4, 0.5) is 14.5 Å². The zero-order valence-electron chi connectivity index (χ0n) is 18.9. The van der Waals surface area contributed by atoms with E-state index in [1.165, 1.54) is 10.6 Å². The highest BCUT2D eigenvalue weighted by atomic mass is 35.5. The highest BCUT2D eigenvalue weighted by molar-refractivity contribution is 6.35. The van der Waals surface area contributed by atoms with Crippen molar-refractivity contribution in [1.82, 2.24) is 19.7 Å². The minimum absolute atomic E-state index is 0.0971. The number of halogens is 4. The summed E-state index contributed by atoms with van der Waals surface area (Å²) >= 11 is 12.4. The minimum atomic E-state index is -2.77. The van der Waals surface area contributed by atoms with Gasteiger partial charge in [-0.3, -0.25) is 19.5 Å². The smallest absolute Gasteiger partial charge is 0.296 e. The number of nitrogens with zero attached hydrogens (tertiary/aromatic N) is 3. The molecule has 8 nitrogen and oxygen atoms in total. The summed E-state index contributed by atoms with van der Waals surface area (Å²) in [6, 6.07) is 12.4. The average Bonchev–Trinajstić information content (AvgIpc) is 3.51. The number of carbonyl (C=O) groups excluding carboxylic acids is 2. The van der Waals surface area contributed by atoms with Crippen molar-refractivity contribution in [3.05, 3.63) is 86.0 Å². The number of nitrogens with one attached hydrogen (secondary N) is 2. The third kappa shape index (κ3) is 4.90. The Hall–Kier alpha value is -3.89. The summed E-state index contributed by atoms with van der Waals surface area (Å²) in [5.41, 5.74) is 2.13. The van der Waals surface area contributed by atoms with Crippen LogP contribution in [0, 0.1) is 0 Å². The summed E-state index contributed by atoms with van der Waals surface area (Å²) < 4.78 is 26.7. The van der Waals surface area contributed by atoms with E-state index in [9.17, 15) is 23.2 Å². The monoisotopic (exact) mass is 543 g/mol. The van der Waals surface area contributed by atoms with Crippen molar-refractivity contribution in [1.29, 1.82) is 0 Å². The van der Waals surface area contributed by atoms with Gasteiger partial charge in [-0.25, -0.2) is 13.8 Å². The summed E-state index contributed by atoms with van der Waals surface area (Å²) in [5.74, 6) is -1.07. The van der Waals surface area contributed by atoms with Crippen LogP contribution in [0.25, 0.3) is 22.5 Å². The Labute approximate surface area is 218 Å². The number of alkyl halides is 2.